The lowest BCUT2D eigenvalue weighted by molar-refractivity contribution is -0.145. The number of amides is 1. The maximum Gasteiger partial charge on any atom is 0.227 e. The maximum atomic E-state index is 13.1. The summed E-state index contributed by atoms with van der Waals surface area (Å²) < 4.78 is 19.1. The molecule has 104 valence electrons. The Labute approximate surface area is 120 Å². The average Bonchev–Trinajstić information content (AvgIpc) is 2.32. The average molecular weight is 330 g/mol. The highest BCUT2D eigenvalue weighted by Gasteiger charge is 2.29. The Bertz CT molecular complexity index is 490. The summed E-state index contributed by atoms with van der Waals surface area (Å²) in [6.45, 7) is 5.71. The Morgan fingerprint density at radius 1 is 1.53 bits per heavy atom. The van der Waals surface area contributed by atoms with Crippen molar-refractivity contribution in [1.29, 1.82) is 0 Å². The van der Waals surface area contributed by atoms with Gasteiger partial charge in [-0.15, -0.1) is 0 Å². The summed E-state index contributed by atoms with van der Waals surface area (Å²) in [5, 5.41) is 0. The van der Waals surface area contributed by atoms with Crippen LogP contribution in [-0.4, -0.2) is 36.1 Å². The lowest BCUT2D eigenvalue weighted by Gasteiger charge is -2.38. The summed E-state index contributed by atoms with van der Waals surface area (Å²) >= 11 is 3.13. The van der Waals surface area contributed by atoms with E-state index < -0.39 is 0 Å². The van der Waals surface area contributed by atoms with Crippen molar-refractivity contribution in [2.24, 2.45) is 0 Å². The lowest BCUT2D eigenvalue weighted by Crippen LogP contribution is -2.51. The van der Waals surface area contributed by atoms with Crippen LogP contribution < -0.4 is 0 Å². The van der Waals surface area contributed by atoms with Crippen LogP contribution in [0, 0.1) is 5.82 Å². The topological polar surface area (TPSA) is 29.5 Å². The third kappa shape index (κ3) is 3.76. The summed E-state index contributed by atoms with van der Waals surface area (Å²) in [7, 11) is 0. The Kier molecular flexibility index (Phi) is 4.26. The van der Waals surface area contributed by atoms with Gasteiger partial charge >= 0.3 is 0 Å². The maximum absolute atomic E-state index is 13.1. The summed E-state index contributed by atoms with van der Waals surface area (Å²) in [4.78, 5) is 14.0. The number of rotatable bonds is 2. The van der Waals surface area contributed by atoms with Gasteiger partial charge in [0.15, 0.2) is 0 Å². The van der Waals surface area contributed by atoms with Gasteiger partial charge in [0.1, 0.15) is 5.82 Å². The molecule has 0 saturated carbocycles. The van der Waals surface area contributed by atoms with Crippen molar-refractivity contribution < 1.29 is 13.9 Å². The molecule has 0 aliphatic carbocycles. The molecule has 0 radical (unpaired) electrons. The van der Waals surface area contributed by atoms with E-state index in [0.29, 0.717) is 24.2 Å². The van der Waals surface area contributed by atoms with Gasteiger partial charge in [0.25, 0.3) is 0 Å². The van der Waals surface area contributed by atoms with Crippen LogP contribution in [0.25, 0.3) is 0 Å². The second kappa shape index (κ2) is 5.59. The van der Waals surface area contributed by atoms with Gasteiger partial charge in [-0.1, -0.05) is 6.07 Å². The van der Waals surface area contributed by atoms with Crippen LogP contribution in [0.3, 0.4) is 0 Å². The van der Waals surface area contributed by atoms with Crippen molar-refractivity contribution in [3.8, 4) is 0 Å². The molecule has 0 N–H and O–H groups in total. The van der Waals surface area contributed by atoms with Gasteiger partial charge < -0.3 is 9.64 Å². The van der Waals surface area contributed by atoms with Gasteiger partial charge in [-0.05, 0) is 47.5 Å². The molecule has 3 nitrogen and oxygen atoms in total. The molecule has 1 aromatic rings. The number of ether oxygens (including phenoxy) is 1. The van der Waals surface area contributed by atoms with Gasteiger partial charge in [0, 0.05) is 13.1 Å². The summed E-state index contributed by atoms with van der Waals surface area (Å²) in [6.07, 6.45) is 0.287. The third-order valence-electron chi connectivity index (χ3n) is 3.12. The highest BCUT2D eigenvalue weighted by molar-refractivity contribution is 9.10. The van der Waals surface area contributed by atoms with Crippen LogP contribution in [-0.2, 0) is 16.0 Å². The molecule has 0 unspecified atom stereocenters. The number of benzene rings is 1. The fourth-order valence-electron chi connectivity index (χ4n) is 2.17. The highest BCUT2D eigenvalue weighted by atomic mass is 79.9. The van der Waals surface area contributed by atoms with E-state index in [2.05, 4.69) is 15.9 Å². The van der Waals surface area contributed by atoms with Gasteiger partial charge in [0.2, 0.25) is 5.91 Å². The first-order chi connectivity index (χ1) is 8.87. The highest BCUT2D eigenvalue weighted by Crippen LogP contribution is 2.20. The largest absolute Gasteiger partial charge is 0.372 e. The minimum absolute atomic E-state index is 0.0508. The molecule has 1 saturated heterocycles. The molecular formula is C14H17BrFNO2. The zero-order valence-electron chi connectivity index (χ0n) is 11.1. The molecule has 1 aromatic carbocycles. The van der Waals surface area contributed by atoms with Crippen LogP contribution in [0.4, 0.5) is 4.39 Å². The fourth-order valence-corrected chi connectivity index (χ4v) is 2.59. The molecule has 1 fully saturated rings. The normalized spacial score (nSPS) is 18.4. The molecule has 0 bridgehead atoms. The Balaban J connectivity index is 2.02. The van der Waals surface area contributed by atoms with E-state index in [4.69, 9.17) is 4.74 Å². The van der Waals surface area contributed by atoms with Crippen molar-refractivity contribution in [3.05, 3.63) is 34.1 Å². The van der Waals surface area contributed by atoms with E-state index in [1.165, 1.54) is 6.07 Å². The van der Waals surface area contributed by atoms with Crippen molar-refractivity contribution in [2.45, 2.75) is 25.9 Å². The van der Waals surface area contributed by atoms with Crippen molar-refractivity contribution in [3.63, 3.8) is 0 Å². The van der Waals surface area contributed by atoms with Gasteiger partial charge in [-0.2, -0.15) is 0 Å². The number of hydrogen-bond donors (Lipinski definition) is 0. The van der Waals surface area contributed by atoms with E-state index in [1.807, 2.05) is 13.8 Å². The Hall–Kier alpha value is -0.940. The monoisotopic (exact) mass is 329 g/mol. The summed E-state index contributed by atoms with van der Waals surface area (Å²) in [6, 6.07) is 4.67. The van der Waals surface area contributed by atoms with Gasteiger partial charge in [0.05, 0.1) is 23.1 Å². The van der Waals surface area contributed by atoms with Crippen LogP contribution in [0.1, 0.15) is 19.4 Å². The molecular weight excluding hydrogens is 313 g/mol. The number of hydrogen-bond acceptors (Lipinski definition) is 2. The predicted octanol–water partition coefficient (Wildman–Crippen LogP) is 2.77. The van der Waals surface area contributed by atoms with Gasteiger partial charge in [-0.25, -0.2) is 4.39 Å². The van der Waals surface area contributed by atoms with E-state index >= 15 is 0 Å². The SMILES string of the molecule is CC1(C)CN(C(=O)Cc2ccc(F)c(Br)c2)CCO1. The molecule has 0 aromatic heterocycles. The smallest absolute Gasteiger partial charge is 0.227 e. The van der Waals surface area contributed by atoms with E-state index in [9.17, 15) is 9.18 Å². The number of nitrogens with zero attached hydrogens (tertiary/aromatic N) is 1. The molecule has 5 heteroatoms. The number of morpholine rings is 1. The van der Waals surface area contributed by atoms with Gasteiger partial charge in [-0.3, -0.25) is 4.79 Å². The minimum atomic E-state index is -0.316. The van der Waals surface area contributed by atoms with Crippen molar-refractivity contribution in [1.82, 2.24) is 4.90 Å². The van der Waals surface area contributed by atoms with Crippen LogP contribution in [0.5, 0.6) is 0 Å². The fraction of sp³-hybridized carbons (Fsp3) is 0.500. The first-order valence-corrected chi connectivity index (χ1v) is 7.02. The van der Waals surface area contributed by atoms with E-state index in [0.717, 1.165) is 5.56 Å². The number of halogens is 2. The molecule has 1 amide bonds. The Morgan fingerprint density at radius 3 is 2.89 bits per heavy atom. The molecule has 1 heterocycles. The van der Waals surface area contributed by atoms with Crippen molar-refractivity contribution >= 4 is 21.8 Å². The van der Waals surface area contributed by atoms with E-state index in [1.54, 1.807) is 17.0 Å². The van der Waals surface area contributed by atoms with Crippen molar-refractivity contribution in [2.75, 3.05) is 19.7 Å². The standard InChI is InChI=1S/C14H17BrFNO2/c1-14(2)9-17(5-6-19-14)13(18)8-10-3-4-12(16)11(15)7-10/h3-4,7H,5-6,8-9H2,1-2H3. The quantitative estimate of drug-likeness (QED) is 0.835. The first-order valence-electron chi connectivity index (χ1n) is 6.23. The zero-order valence-corrected chi connectivity index (χ0v) is 12.7. The molecule has 1 aliphatic heterocycles. The summed E-state index contributed by atoms with van der Waals surface area (Å²) in [5.74, 6) is -0.265. The number of carbonyl (C=O) groups excluding carboxylic acids is 1. The predicted molar refractivity (Wildman–Crippen MR) is 74.4 cm³/mol. The first kappa shape index (κ1) is 14.5. The van der Waals surface area contributed by atoms with Crippen LogP contribution >= 0.6 is 15.9 Å². The number of carbonyl (C=O) groups is 1. The molecule has 19 heavy (non-hydrogen) atoms. The zero-order chi connectivity index (χ0) is 14.0. The second-order valence-corrected chi connectivity index (χ2v) is 6.20. The molecule has 2 rings (SSSR count). The van der Waals surface area contributed by atoms with E-state index in [-0.39, 0.29) is 23.7 Å². The second-order valence-electron chi connectivity index (χ2n) is 5.35. The van der Waals surface area contributed by atoms with Crippen LogP contribution in [0.15, 0.2) is 22.7 Å². The van der Waals surface area contributed by atoms with Crippen LogP contribution in [0.2, 0.25) is 0 Å². The Morgan fingerprint density at radius 2 is 2.26 bits per heavy atom. The lowest BCUT2D eigenvalue weighted by atomic mass is 10.1. The third-order valence-corrected chi connectivity index (χ3v) is 3.73. The molecule has 0 atom stereocenters. The molecule has 0 spiro atoms. The summed E-state index contributed by atoms with van der Waals surface area (Å²) in [5.41, 5.74) is 0.514. The molecule has 1 aliphatic rings. The minimum Gasteiger partial charge on any atom is -0.372 e.